The van der Waals surface area contributed by atoms with Crippen molar-refractivity contribution in [3.8, 4) is 17.2 Å². The van der Waals surface area contributed by atoms with Gasteiger partial charge in [-0.1, -0.05) is 0 Å². The summed E-state index contributed by atoms with van der Waals surface area (Å²) in [7, 11) is 5.98. The Morgan fingerprint density at radius 2 is 1.71 bits per heavy atom. The van der Waals surface area contributed by atoms with Gasteiger partial charge in [0.15, 0.2) is 11.5 Å². The minimum Gasteiger partial charge on any atom is -0.493 e. The van der Waals surface area contributed by atoms with E-state index in [4.69, 9.17) is 14.2 Å². The summed E-state index contributed by atoms with van der Waals surface area (Å²) in [6.07, 6.45) is 0.158. The molecular formula is C14H18N2O5. The molecule has 2 rings (SSSR count). The molecule has 0 radical (unpaired) electrons. The largest absolute Gasteiger partial charge is 0.493 e. The number of carbonyl (C=O) groups excluding carboxylic acids is 1. The Kier molecular flexibility index (Phi) is 4.52. The van der Waals surface area contributed by atoms with Gasteiger partial charge < -0.3 is 18.9 Å². The topological polar surface area (TPSA) is 69.6 Å². The lowest BCUT2D eigenvalue weighted by molar-refractivity contribution is 0.129. The standard InChI is InChI=1S/C14H18N2O5/c1-18-11-7-9(8-12(19-2)13(11)20-3)10-5-6-16(15-10)14(17)21-4/h7-8H,5-6H2,1-4H3. The number of hydrogen-bond donors (Lipinski definition) is 0. The van der Waals surface area contributed by atoms with Gasteiger partial charge in [-0.15, -0.1) is 0 Å². The van der Waals surface area contributed by atoms with Gasteiger partial charge >= 0.3 is 6.09 Å². The lowest BCUT2D eigenvalue weighted by Gasteiger charge is -2.13. The van der Waals surface area contributed by atoms with Crippen molar-refractivity contribution in [2.24, 2.45) is 5.10 Å². The fourth-order valence-electron chi connectivity index (χ4n) is 2.14. The number of nitrogens with zero attached hydrogens (tertiary/aromatic N) is 2. The average Bonchev–Trinajstić information content (AvgIpc) is 3.02. The monoisotopic (exact) mass is 294 g/mol. The van der Waals surface area contributed by atoms with Gasteiger partial charge in [-0.05, 0) is 12.1 Å². The highest BCUT2D eigenvalue weighted by atomic mass is 16.5. The predicted octanol–water partition coefficient (Wildman–Crippen LogP) is 1.89. The van der Waals surface area contributed by atoms with Crippen LogP contribution in [-0.4, -0.2) is 51.8 Å². The summed E-state index contributed by atoms with van der Waals surface area (Å²) in [5.74, 6) is 1.62. The number of rotatable bonds is 4. The van der Waals surface area contributed by atoms with Gasteiger partial charge in [-0.3, -0.25) is 0 Å². The number of ether oxygens (including phenoxy) is 4. The smallest absolute Gasteiger partial charge is 0.430 e. The molecule has 0 spiro atoms. The highest BCUT2D eigenvalue weighted by Crippen LogP contribution is 2.38. The van der Waals surface area contributed by atoms with Crippen LogP contribution in [-0.2, 0) is 4.74 Å². The number of hydrazone groups is 1. The van der Waals surface area contributed by atoms with Crippen LogP contribution in [0, 0.1) is 0 Å². The molecule has 0 aromatic heterocycles. The summed E-state index contributed by atoms with van der Waals surface area (Å²) in [4.78, 5) is 11.5. The first kappa shape index (κ1) is 15.0. The van der Waals surface area contributed by atoms with Crippen molar-refractivity contribution in [2.75, 3.05) is 35.0 Å². The van der Waals surface area contributed by atoms with E-state index >= 15 is 0 Å². The zero-order valence-corrected chi connectivity index (χ0v) is 12.5. The van der Waals surface area contributed by atoms with E-state index in [0.29, 0.717) is 30.2 Å². The molecule has 0 atom stereocenters. The first-order valence-corrected chi connectivity index (χ1v) is 6.38. The fourth-order valence-corrected chi connectivity index (χ4v) is 2.14. The third-order valence-electron chi connectivity index (χ3n) is 3.19. The molecule has 114 valence electrons. The van der Waals surface area contributed by atoms with Crippen molar-refractivity contribution in [3.63, 3.8) is 0 Å². The summed E-state index contributed by atoms with van der Waals surface area (Å²) >= 11 is 0. The van der Waals surface area contributed by atoms with Crippen LogP contribution in [0.5, 0.6) is 17.2 Å². The van der Waals surface area contributed by atoms with Crippen LogP contribution in [0.25, 0.3) is 0 Å². The van der Waals surface area contributed by atoms with Gasteiger partial charge in [0.05, 0.1) is 40.7 Å². The molecule has 0 bridgehead atoms. The Morgan fingerprint density at radius 1 is 1.10 bits per heavy atom. The molecule has 0 saturated heterocycles. The molecule has 0 saturated carbocycles. The maximum Gasteiger partial charge on any atom is 0.430 e. The minimum absolute atomic E-state index is 0.475. The zero-order chi connectivity index (χ0) is 15.4. The summed E-state index contributed by atoms with van der Waals surface area (Å²) in [5.41, 5.74) is 1.58. The van der Waals surface area contributed by atoms with Crippen LogP contribution >= 0.6 is 0 Å². The maximum atomic E-state index is 11.5. The predicted molar refractivity (Wildman–Crippen MR) is 76.4 cm³/mol. The number of amides is 1. The Balaban J connectivity index is 2.39. The fraction of sp³-hybridized carbons (Fsp3) is 0.429. The SMILES string of the molecule is COC(=O)N1CCC(c2cc(OC)c(OC)c(OC)c2)=N1. The molecule has 7 nitrogen and oxygen atoms in total. The van der Waals surface area contributed by atoms with Crippen molar-refractivity contribution in [1.82, 2.24) is 5.01 Å². The van der Waals surface area contributed by atoms with E-state index in [1.807, 2.05) is 0 Å². The Labute approximate surface area is 123 Å². The van der Waals surface area contributed by atoms with Crippen molar-refractivity contribution in [3.05, 3.63) is 17.7 Å². The molecule has 1 heterocycles. The van der Waals surface area contributed by atoms with Crippen molar-refractivity contribution >= 4 is 11.8 Å². The van der Waals surface area contributed by atoms with Gasteiger partial charge in [0.2, 0.25) is 5.75 Å². The number of benzene rings is 1. The van der Waals surface area contributed by atoms with Crippen LogP contribution in [0.3, 0.4) is 0 Å². The highest BCUT2D eigenvalue weighted by Gasteiger charge is 2.24. The van der Waals surface area contributed by atoms with E-state index in [0.717, 1.165) is 11.3 Å². The first-order chi connectivity index (χ1) is 10.1. The molecule has 0 aliphatic carbocycles. The van der Waals surface area contributed by atoms with Crippen molar-refractivity contribution < 1.29 is 23.7 Å². The second-order valence-electron chi connectivity index (χ2n) is 4.30. The maximum absolute atomic E-state index is 11.5. The van der Waals surface area contributed by atoms with E-state index in [-0.39, 0.29) is 0 Å². The van der Waals surface area contributed by atoms with E-state index in [9.17, 15) is 4.79 Å². The van der Waals surface area contributed by atoms with Gasteiger partial charge in [-0.2, -0.15) is 10.1 Å². The van der Waals surface area contributed by atoms with Crippen LogP contribution in [0.2, 0.25) is 0 Å². The van der Waals surface area contributed by atoms with E-state index in [2.05, 4.69) is 9.84 Å². The lowest BCUT2D eigenvalue weighted by Crippen LogP contribution is -2.22. The summed E-state index contributed by atoms with van der Waals surface area (Å²) in [6, 6.07) is 3.61. The van der Waals surface area contributed by atoms with Gasteiger partial charge in [0.1, 0.15) is 0 Å². The van der Waals surface area contributed by atoms with Crippen LogP contribution in [0.4, 0.5) is 4.79 Å². The Hall–Kier alpha value is -2.44. The minimum atomic E-state index is -0.475. The Morgan fingerprint density at radius 3 is 2.19 bits per heavy atom. The van der Waals surface area contributed by atoms with Gasteiger partial charge in [-0.25, -0.2) is 4.79 Å². The van der Waals surface area contributed by atoms with E-state index in [1.165, 1.54) is 12.1 Å². The normalized spacial score (nSPS) is 13.7. The molecule has 0 N–H and O–H groups in total. The summed E-state index contributed by atoms with van der Waals surface area (Å²) in [6.45, 7) is 0.485. The summed E-state index contributed by atoms with van der Waals surface area (Å²) in [5, 5.41) is 5.55. The van der Waals surface area contributed by atoms with Crippen LogP contribution < -0.4 is 14.2 Å². The van der Waals surface area contributed by atoms with Gasteiger partial charge in [0, 0.05) is 12.0 Å². The van der Waals surface area contributed by atoms with Gasteiger partial charge in [0.25, 0.3) is 0 Å². The molecule has 1 aromatic carbocycles. The van der Waals surface area contributed by atoms with E-state index < -0.39 is 6.09 Å². The number of carbonyl (C=O) groups is 1. The lowest BCUT2D eigenvalue weighted by atomic mass is 10.1. The zero-order valence-electron chi connectivity index (χ0n) is 12.5. The third kappa shape index (κ3) is 2.86. The molecule has 0 fully saturated rings. The number of methoxy groups -OCH3 is 4. The molecule has 1 aliphatic rings. The van der Waals surface area contributed by atoms with E-state index in [1.54, 1.807) is 33.5 Å². The Bertz CT molecular complexity index is 545. The quantitative estimate of drug-likeness (QED) is 0.848. The second-order valence-corrected chi connectivity index (χ2v) is 4.30. The summed E-state index contributed by atoms with van der Waals surface area (Å²) < 4.78 is 20.6. The molecule has 21 heavy (non-hydrogen) atoms. The number of hydrogen-bond acceptors (Lipinski definition) is 6. The molecule has 7 heteroatoms. The van der Waals surface area contributed by atoms with Crippen molar-refractivity contribution in [2.45, 2.75) is 6.42 Å². The highest BCUT2D eigenvalue weighted by molar-refractivity contribution is 6.03. The second kappa shape index (κ2) is 6.34. The first-order valence-electron chi connectivity index (χ1n) is 6.38. The molecular weight excluding hydrogens is 276 g/mol. The molecule has 1 amide bonds. The van der Waals surface area contributed by atoms with Crippen molar-refractivity contribution in [1.29, 1.82) is 0 Å². The molecule has 0 unspecified atom stereocenters. The average molecular weight is 294 g/mol. The van der Waals surface area contributed by atoms with Crippen LogP contribution in [0.15, 0.2) is 17.2 Å². The van der Waals surface area contributed by atoms with Crippen LogP contribution in [0.1, 0.15) is 12.0 Å². The third-order valence-corrected chi connectivity index (χ3v) is 3.19. The molecule has 1 aromatic rings. The molecule has 1 aliphatic heterocycles.